The molecule has 0 heterocycles. The summed E-state index contributed by atoms with van der Waals surface area (Å²) in [6.45, 7) is 5.62. The van der Waals surface area contributed by atoms with Crippen LogP contribution in [0.3, 0.4) is 0 Å². The third-order valence-corrected chi connectivity index (χ3v) is 1.82. The monoisotopic (exact) mass is 220 g/mol. The molecule has 0 aromatic heterocycles. The lowest BCUT2D eigenvalue weighted by molar-refractivity contribution is -0.156. The van der Waals surface area contributed by atoms with E-state index < -0.39 is 12.1 Å². The van der Waals surface area contributed by atoms with Gasteiger partial charge in [0.1, 0.15) is 12.7 Å². The van der Waals surface area contributed by atoms with Crippen molar-refractivity contribution >= 4 is 5.97 Å². The number of esters is 1. The predicted octanol–water partition coefficient (Wildman–Crippen LogP) is 0.350. The fourth-order valence-corrected chi connectivity index (χ4v) is 0.736. The third-order valence-electron chi connectivity index (χ3n) is 1.82. The molecule has 3 unspecified atom stereocenters. The zero-order valence-corrected chi connectivity index (χ0v) is 9.73. The molecule has 5 heteroatoms. The van der Waals surface area contributed by atoms with Gasteiger partial charge in [-0.1, -0.05) is 0 Å². The van der Waals surface area contributed by atoms with E-state index in [0.29, 0.717) is 6.61 Å². The van der Waals surface area contributed by atoms with Crippen molar-refractivity contribution in [3.05, 3.63) is 0 Å². The quantitative estimate of drug-likeness (QED) is 0.627. The van der Waals surface area contributed by atoms with E-state index in [4.69, 9.17) is 19.3 Å². The Hall–Kier alpha value is -0.650. The van der Waals surface area contributed by atoms with Gasteiger partial charge in [-0.15, -0.1) is 0 Å². The first-order valence-electron chi connectivity index (χ1n) is 4.96. The maximum Gasteiger partial charge on any atom is 0.334 e. The highest BCUT2D eigenvalue weighted by Crippen LogP contribution is 1.97. The molecule has 1 N–H and O–H groups in total. The lowest BCUT2D eigenvalue weighted by Gasteiger charge is -2.16. The Kier molecular flexibility index (Phi) is 7.29. The van der Waals surface area contributed by atoms with Crippen LogP contribution in [-0.4, -0.2) is 49.7 Å². The number of hydrogen-bond donors (Lipinski definition) is 1. The van der Waals surface area contributed by atoms with Crippen LogP contribution in [0.1, 0.15) is 20.8 Å². The van der Waals surface area contributed by atoms with E-state index in [2.05, 4.69) is 0 Å². The molecule has 15 heavy (non-hydrogen) atoms. The Labute approximate surface area is 90.3 Å². The van der Waals surface area contributed by atoms with Crippen LogP contribution >= 0.6 is 0 Å². The minimum atomic E-state index is -1.09. The largest absolute Gasteiger partial charge is 0.461 e. The molecule has 0 aliphatic rings. The van der Waals surface area contributed by atoms with Gasteiger partial charge in [0.25, 0.3) is 0 Å². The molecule has 90 valence electrons. The van der Waals surface area contributed by atoms with Crippen LogP contribution in [-0.2, 0) is 19.0 Å². The van der Waals surface area contributed by atoms with Gasteiger partial charge in [-0.05, 0) is 20.8 Å². The van der Waals surface area contributed by atoms with E-state index in [1.807, 2.05) is 6.92 Å². The molecule has 0 bridgehead atoms. The Morgan fingerprint density at radius 1 is 1.20 bits per heavy atom. The highest BCUT2D eigenvalue weighted by Gasteiger charge is 2.13. The average molecular weight is 220 g/mol. The van der Waals surface area contributed by atoms with E-state index in [-0.39, 0.29) is 18.8 Å². The summed E-state index contributed by atoms with van der Waals surface area (Å²) in [5.74, 6) is -0.634. The summed E-state index contributed by atoms with van der Waals surface area (Å²) in [5, 5.41) is 8.85. The van der Waals surface area contributed by atoms with Crippen molar-refractivity contribution in [3.63, 3.8) is 0 Å². The molecular weight excluding hydrogens is 200 g/mol. The maximum absolute atomic E-state index is 10.9. The summed E-state index contributed by atoms with van der Waals surface area (Å²) in [4.78, 5) is 10.9. The topological polar surface area (TPSA) is 65.0 Å². The molecule has 0 rings (SSSR count). The molecule has 0 aromatic carbocycles. The van der Waals surface area contributed by atoms with Crippen molar-refractivity contribution in [1.29, 1.82) is 0 Å². The second kappa shape index (κ2) is 7.62. The van der Waals surface area contributed by atoms with Crippen molar-refractivity contribution in [2.75, 3.05) is 20.3 Å². The van der Waals surface area contributed by atoms with Gasteiger partial charge in [-0.2, -0.15) is 0 Å². The number of hydrogen-bond acceptors (Lipinski definition) is 5. The highest BCUT2D eigenvalue weighted by atomic mass is 16.6. The maximum atomic E-state index is 10.9. The zero-order valence-electron chi connectivity index (χ0n) is 9.73. The van der Waals surface area contributed by atoms with Gasteiger partial charge < -0.3 is 19.3 Å². The number of carbonyl (C=O) groups is 1. The van der Waals surface area contributed by atoms with Gasteiger partial charge in [0.15, 0.2) is 0 Å². The van der Waals surface area contributed by atoms with Crippen LogP contribution in [0.4, 0.5) is 0 Å². The molecule has 0 saturated carbocycles. The van der Waals surface area contributed by atoms with E-state index in [0.717, 1.165) is 0 Å². The number of aliphatic hydroxyl groups excluding tert-OH is 1. The van der Waals surface area contributed by atoms with Crippen LogP contribution in [0.5, 0.6) is 0 Å². The molecule has 0 aliphatic heterocycles. The van der Waals surface area contributed by atoms with E-state index in [1.165, 1.54) is 6.92 Å². The number of ether oxygens (including phenoxy) is 3. The molecule has 0 radical (unpaired) electrons. The zero-order chi connectivity index (χ0) is 11.8. The minimum Gasteiger partial charge on any atom is -0.461 e. The first-order valence-corrected chi connectivity index (χ1v) is 4.96. The van der Waals surface area contributed by atoms with Crippen LogP contribution in [0.2, 0.25) is 0 Å². The summed E-state index contributed by atoms with van der Waals surface area (Å²) in [7, 11) is 1.60. The highest BCUT2D eigenvalue weighted by molar-refractivity contribution is 5.73. The van der Waals surface area contributed by atoms with E-state index >= 15 is 0 Å². The Bertz CT molecular complexity index is 181. The second-order valence-electron chi connectivity index (χ2n) is 3.50. The van der Waals surface area contributed by atoms with Gasteiger partial charge >= 0.3 is 5.97 Å². The second-order valence-corrected chi connectivity index (χ2v) is 3.50. The number of methoxy groups -OCH3 is 1. The molecule has 0 saturated heterocycles. The van der Waals surface area contributed by atoms with Crippen molar-refractivity contribution in [2.24, 2.45) is 0 Å². The molecule has 3 atom stereocenters. The summed E-state index contributed by atoms with van der Waals surface area (Å²) in [5.41, 5.74) is 0. The molecular formula is C10H20O5. The van der Waals surface area contributed by atoms with Gasteiger partial charge in [0.2, 0.25) is 0 Å². The number of rotatable bonds is 7. The SMILES string of the molecule is COC(C)COC(C)COC(=O)C(C)O. The summed E-state index contributed by atoms with van der Waals surface area (Å²) >= 11 is 0. The predicted molar refractivity (Wildman–Crippen MR) is 54.5 cm³/mol. The smallest absolute Gasteiger partial charge is 0.334 e. The Morgan fingerprint density at radius 3 is 2.27 bits per heavy atom. The van der Waals surface area contributed by atoms with Crippen LogP contribution < -0.4 is 0 Å². The molecule has 0 amide bonds. The van der Waals surface area contributed by atoms with Crippen molar-refractivity contribution < 1.29 is 24.1 Å². The Balaban J connectivity index is 3.57. The summed E-state index contributed by atoms with van der Waals surface area (Å²) in [6, 6.07) is 0. The van der Waals surface area contributed by atoms with Crippen LogP contribution in [0.15, 0.2) is 0 Å². The lowest BCUT2D eigenvalue weighted by atomic mass is 10.4. The molecule has 0 aromatic rings. The Morgan fingerprint density at radius 2 is 1.80 bits per heavy atom. The fraction of sp³-hybridized carbons (Fsp3) is 0.900. The number of carbonyl (C=O) groups excluding carboxylic acids is 1. The molecule has 0 spiro atoms. The molecule has 5 nitrogen and oxygen atoms in total. The van der Waals surface area contributed by atoms with Crippen molar-refractivity contribution in [1.82, 2.24) is 0 Å². The number of aliphatic hydroxyl groups is 1. The molecule has 0 fully saturated rings. The van der Waals surface area contributed by atoms with Crippen molar-refractivity contribution in [3.8, 4) is 0 Å². The minimum absolute atomic E-state index is 0.0138. The first kappa shape index (κ1) is 14.3. The first-order chi connectivity index (χ1) is 6.97. The summed E-state index contributed by atoms with van der Waals surface area (Å²) in [6.07, 6.45) is -1.28. The van der Waals surface area contributed by atoms with Gasteiger partial charge in [-0.25, -0.2) is 4.79 Å². The fourth-order valence-electron chi connectivity index (χ4n) is 0.736. The lowest BCUT2D eigenvalue weighted by Crippen LogP contribution is -2.27. The van der Waals surface area contributed by atoms with Gasteiger partial charge in [-0.3, -0.25) is 0 Å². The van der Waals surface area contributed by atoms with E-state index in [9.17, 15) is 4.79 Å². The molecule has 0 aliphatic carbocycles. The van der Waals surface area contributed by atoms with Crippen LogP contribution in [0, 0.1) is 0 Å². The standard InChI is InChI=1S/C10H20O5/c1-7(13-4)5-14-8(2)6-15-10(12)9(3)11/h7-9,11H,5-6H2,1-4H3. The normalized spacial score (nSPS) is 16.9. The third kappa shape index (κ3) is 7.30. The van der Waals surface area contributed by atoms with E-state index in [1.54, 1.807) is 14.0 Å². The van der Waals surface area contributed by atoms with Crippen molar-refractivity contribution in [2.45, 2.75) is 39.1 Å². The summed E-state index contributed by atoms with van der Waals surface area (Å²) < 4.78 is 15.1. The van der Waals surface area contributed by atoms with Crippen LogP contribution in [0.25, 0.3) is 0 Å². The average Bonchev–Trinajstić information content (AvgIpc) is 2.21. The van der Waals surface area contributed by atoms with Gasteiger partial charge in [0.05, 0.1) is 18.8 Å². The van der Waals surface area contributed by atoms with Gasteiger partial charge in [0, 0.05) is 7.11 Å².